The lowest BCUT2D eigenvalue weighted by Crippen LogP contribution is -2.00. The maximum Gasteiger partial charge on any atom is 0.0479 e. The molecule has 2 aromatic rings. The fourth-order valence-corrected chi connectivity index (χ4v) is 2.04. The summed E-state index contributed by atoms with van der Waals surface area (Å²) in [5.41, 5.74) is 2.49. The van der Waals surface area contributed by atoms with E-state index >= 15 is 0 Å². The van der Waals surface area contributed by atoms with Gasteiger partial charge in [0.2, 0.25) is 0 Å². The average molecular weight is 228 g/mol. The van der Waals surface area contributed by atoms with E-state index in [9.17, 15) is 0 Å². The molecule has 0 fully saturated rings. The van der Waals surface area contributed by atoms with Gasteiger partial charge in [0, 0.05) is 36.4 Å². The number of fused-ring (bicyclic) bond motifs is 1. The number of nitrogens with one attached hydrogen (secondary N) is 1. The Morgan fingerprint density at radius 3 is 3.00 bits per heavy atom. The molecule has 1 aromatic heterocycles. The second kappa shape index (κ2) is 5.58. The summed E-state index contributed by atoms with van der Waals surface area (Å²) in [6.07, 6.45) is 7.59. The van der Waals surface area contributed by atoms with Crippen molar-refractivity contribution in [2.24, 2.45) is 7.05 Å². The SMILES string of the molecule is C=CCCCCNc1ccc2c(ccn2C)c1. The molecule has 0 radical (unpaired) electrons. The average Bonchev–Trinajstić information content (AvgIpc) is 2.71. The van der Waals surface area contributed by atoms with Gasteiger partial charge in [0.15, 0.2) is 0 Å². The number of rotatable bonds is 6. The van der Waals surface area contributed by atoms with E-state index in [-0.39, 0.29) is 0 Å². The molecule has 17 heavy (non-hydrogen) atoms. The fourth-order valence-electron chi connectivity index (χ4n) is 2.04. The Morgan fingerprint density at radius 2 is 2.18 bits per heavy atom. The highest BCUT2D eigenvalue weighted by Crippen LogP contribution is 2.19. The van der Waals surface area contributed by atoms with Gasteiger partial charge in [-0.3, -0.25) is 0 Å². The topological polar surface area (TPSA) is 17.0 Å². The van der Waals surface area contributed by atoms with Crippen LogP contribution in [-0.2, 0) is 7.05 Å². The van der Waals surface area contributed by atoms with Crippen LogP contribution in [-0.4, -0.2) is 11.1 Å². The third kappa shape index (κ3) is 2.90. The number of benzene rings is 1. The lowest BCUT2D eigenvalue weighted by molar-refractivity contribution is 0.780. The van der Waals surface area contributed by atoms with Crippen molar-refractivity contribution in [3.05, 3.63) is 43.1 Å². The van der Waals surface area contributed by atoms with Crippen LogP contribution in [0.25, 0.3) is 10.9 Å². The molecule has 0 atom stereocenters. The maximum atomic E-state index is 3.73. The van der Waals surface area contributed by atoms with Crippen LogP contribution in [0.1, 0.15) is 19.3 Å². The van der Waals surface area contributed by atoms with E-state index in [1.165, 1.54) is 29.4 Å². The van der Waals surface area contributed by atoms with Crippen molar-refractivity contribution in [3.63, 3.8) is 0 Å². The highest BCUT2D eigenvalue weighted by molar-refractivity contribution is 5.83. The molecule has 0 bridgehead atoms. The summed E-state index contributed by atoms with van der Waals surface area (Å²) >= 11 is 0. The van der Waals surface area contributed by atoms with Crippen LogP contribution in [0, 0.1) is 0 Å². The van der Waals surface area contributed by atoms with Gasteiger partial charge < -0.3 is 9.88 Å². The molecule has 0 aliphatic carbocycles. The van der Waals surface area contributed by atoms with Crippen molar-refractivity contribution in [1.82, 2.24) is 4.57 Å². The van der Waals surface area contributed by atoms with E-state index < -0.39 is 0 Å². The van der Waals surface area contributed by atoms with E-state index in [0.717, 1.165) is 13.0 Å². The van der Waals surface area contributed by atoms with Gasteiger partial charge in [0.25, 0.3) is 0 Å². The highest BCUT2D eigenvalue weighted by Gasteiger charge is 1.98. The van der Waals surface area contributed by atoms with Gasteiger partial charge in [0.1, 0.15) is 0 Å². The number of nitrogens with zero attached hydrogens (tertiary/aromatic N) is 1. The minimum Gasteiger partial charge on any atom is -0.385 e. The molecule has 0 aliphatic rings. The van der Waals surface area contributed by atoms with Gasteiger partial charge in [-0.1, -0.05) is 6.08 Å². The number of unbranched alkanes of at least 4 members (excludes halogenated alkanes) is 2. The van der Waals surface area contributed by atoms with E-state index in [1.807, 2.05) is 6.08 Å². The fraction of sp³-hybridized carbons (Fsp3) is 0.333. The van der Waals surface area contributed by atoms with Crippen LogP contribution in [0.4, 0.5) is 5.69 Å². The Kier molecular flexibility index (Phi) is 3.86. The predicted molar refractivity (Wildman–Crippen MR) is 75.5 cm³/mol. The standard InChI is InChI=1S/C15H20N2/c1-3-4-5-6-10-16-14-7-8-15-13(12-14)9-11-17(15)2/h3,7-9,11-12,16H,1,4-6,10H2,2H3. The van der Waals surface area contributed by atoms with Crippen LogP contribution in [0.5, 0.6) is 0 Å². The molecule has 2 nitrogen and oxygen atoms in total. The Balaban J connectivity index is 1.93. The summed E-state index contributed by atoms with van der Waals surface area (Å²) in [5.74, 6) is 0. The van der Waals surface area contributed by atoms with Crippen LogP contribution < -0.4 is 5.32 Å². The van der Waals surface area contributed by atoms with E-state index in [4.69, 9.17) is 0 Å². The molecule has 2 heteroatoms. The zero-order chi connectivity index (χ0) is 12.1. The molecule has 0 unspecified atom stereocenters. The van der Waals surface area contributed by atoms with Crippen molar-refractivity contribution in [1.29, 1.82) is 0 Å². The minimum atomic E-state index is 1.03. The first-order valence-electron chi connectivity index (χ1n) is 6.21. The molecule has 0 amide bonds. The highest BCUT2D eigenvalue weighted by atomic mass is 14.9. The summed E-state index contributed by atoms with van der Waals surface area (Å²) < 4.78 is 2.14. The summed E-state index contributed by atoms with van der Waals surface area (Å²) in [6, 6.07) is 8.68. The van der Waals surface area contributed by atoms with Gasteiger partial charge >= 0.3 is 0 Å². The zero-order valence-corrected chi connectivity index (χ0v) is 10.4. The summed E-state index contributed by atoms with van der Waals surface area (Å²) in [6.45, 7) is 4.76. The van der Waals surface area contributed by atoms with Gasteiger partial charge in [-0.15, -0.1) is 6.58 Å². The molecule has 2 rings (SSSR count). The van der Waals surface area contributed by atoms with E-state index in [2.05, 4.69) is 54.0 Å². The van der Waals surface area contributed by atoms with Gasteiger partial charge in [0.05, 0.1) is 0 Å². The van der Waals surface area contributed by atoms with Crippen LogP contribution in [0.3, 0.4) is 0 Å². The van der Waals surface area contributed by atoms with Crippen molar-refractivity contribution in [3.8, 4) is 0 Å². The Morgan fingerprint density at radius 1 is 1.29 bits per heavy atom. The van der Waals surface area contributed by atoms with E-state index in [0.29, 0.717) is 0 Å². The molecule has 1 heterocycles. The first-order chi connectivity index (χ1) is 8.31. The predicted octanol–water partition coefficient (Wildman–Crippen LogP) is 3.95. The Labute approximate surface area is 103 Å². The Bertz CT molecular complexity index is 497. The summed E-state index contributed by atoms with van der Waals surface area (Å²) in [5, 5.41) is 4.76. The van der Waals surface area contributed by atoms with Crippen molar-refractivity contribution in [2.45, 2.75) is 19.3 Å². The second-order valence-corrected chi connectivity index (χ2v) is 4.41. The number of hydrogen-bond acceptors (Lipinski definition) is 1. The third-order valence-electron chi connectivity index (χ3n) is 3.05. The van der Waals surface area contributed by atoms with Crippen LogP contribution in [0.15, 0.2) is 43.1 Å². The first-order valence-corrected chi connectivity index (χ1v) is 6.21. The number of allylic oxidation sites excluding steroid dienone is 1. The second-order valence-electron chi connectivity index (χ2n) is 4.41. The van der Waals surface area contributed by atoms with Crippen molar-refractivity contribution < 1.29 is 0 Å². The number of aromatic nitrogens is 1. The molecular formula is C15H20N2. The van der Waals surface area contributed by atoms with Gasteiger partial charge in [-0.05, 0) is 43.5 Å². The lowest BCUT2D eigenvalue weighted by atomic mass is 10.2. The number of anilines is 1. The zero-order valence-electron chi connectivity index (χ0n) is 10.4. The van der Waals surface area contributed by atoms with Crippen molar-refractivity contribution >= 4 is 16.6 Å². The monoisotopic (exact) mass is 228 g/mol. The minimum absolute atomic E-state index is 1.03. The Hall–Kier alpha value is -1.70. The molecular weight excluding hydrogens is 208 g/mol. The third-order valence-corrected chi connectivity index (χ3v) is 3.05. The van der Waals surface area contributed by atoms with Crippen LogP contribution in [0.2, 0.25) is 0 Å². The van der Waals surface area contributed by atoms with Gasteiger partial charge in [-0.2, -0.15) is 0 Å². The first kappa shape index (κ1) is 11.8. The smallest absolute Gasteiger partial charge is 0.0479 e. The maximum absolute atomic E-state index is 3.73. The molecule has 1 aromatic carbocycles. The molecule has 1 N–H and O–H groups in total. The van der Waals surface area contributed by atoms with E-state index in [1.54, 1.807) is 0 Å². The molecule has 0 saturated heterocycles. The largest absolute Gasteiger partial charge is 0.385 e. The molecule has 0 aliphatic heterocycles. The summed E-state index contributed by atoms with van der Waals surface area (Å²) in [7, 11) is 2.07. The van der Waals surface area contributed by atoms with Crippen LogP contribution >= 0.6 is 0 Å². The summed E-state index contributed by atoms with van der Waals surface area (Å²) in [4.78, 5) is 0. The van der Waals surface area contributed by atoms with Crippen molar-refractivity contribution in [2.75, 3.05) is 11.9 Å². The lowest BCUT2D eigenvalue weighted by Gasteiger charge is -2.06. The molecule has 90 valence electrons. The quantitative estimate of drug-likeness (QED) is 0.585. The molecule has 0 saturated carbocycles. The number of aryl methyl sites for hydroxylation is 1. The van der Waals surface area contributed by atoms with Gasteiger partial charge in [-0.25, -0.2) is 0 Å². The molecule has 0 spiro atoms. The normalized spacial score (nSPS) is 10.6. The number of hydrogen-bond donors (Lipinski definition) is 1.